The Balaban J connectivity index is 1.87. The Morgan fingerprint density at radius 2 is 1.88 bits per heavy atom. The lowest BCUT2D eigenvalue weighted by atomic mass is 10.0. The van der Waals surface area contributed by atoms with Crippen LogP contribution in [-0.2, 0) is 11.3 Å². The van der Waals surface area contributed by atoms with Crippen LogP contribution in [0.4, 0.5) is 5.69 Å². The van der Waals surface area contributed by atoms with Gasteiger partial charge < -0.3 is 5.32 Å². The molecule has 1 atom stereocenters. The standard InChI is InChI=1S/C22H24N2OS/c1-16-9-10-17(2)20(13-16)23-22(25)21(19-7-5-4-6-8-19)24(3)14-18-11-12-26-15-18/h4-13,15,21H,14H2,1-3H3,(H,23,25)/t21-/m0/s1. The van der Waals surface area contributed by atoms with E-state index in [0.717, 1.165) is 28.9 Å². The molecule has 0 radical (unpaired) electrons. The van der Waals surface area contributed by atoms with E-state index in [1.54, 1.807) is 11.3 Å². The highest BCUT2D eigenvalue weighted by Crippen LogP contribution is 2.25. The van der Waals surface area contributed by atoms with Gasteiger partial charge in [-0.25, -0.2) is 0 Å². The maximum absolute atomic E-state index is 13.2. The highest BCUT2D eigenvalue weighted by molar-refractivity contribution is 7.07. The summed E-state index contributed by atoms with van der Waals surface area (Å²) in [5.41, 5.74) is 5.29. The van der Waals surface area contributed by atoms with Crippen LogP contribution in [0.1, 0.15) is 28.3 Å². The smallest absolute Gasteiger partial charge is 0.246 e. The molecule has 0 saturated carbocycles. The molecule has 0 aliphatic rings. The second-order valence-electron chi connectivity index (χ2n) is 6.67. The fourth-order valence-corrected chi connectivity index (χ4v) is 3.73. The molecule has 2 aromatic carbocycles. The Labute approximate surface area is 159 Å². The van der Waals surface area contributed by atoms with Crippen LogP contribution in [0.25, 0.3) is 0 Å². The van der Waals surface area contributed by atoms with Crippen molar-refractivity contribution in [2.24, 2.45) is 0 Å². The van der Waals surface area contributed by atoms with Crippen LogP contribution >= 0.6 is 11.3 Å². The molecule has 4 heteroatoms. The van der Waals surface area contributed by atoms with Crippen molar-refractivity contribution in [1.29, 1.82) is 0 Å². The first-order valence-corrected chi connectivity index (χ1v) is 9.63. The summed E-state index contributed by atoms with van der Waals surface area (Å²) < 4.78 is 0. The van der Waals surface area contributed by atoms with Gasteiger partial charge in [0.25, 0.3) is 0 Å². The maximum atomic E-state index is 13.2. The molecule has 1 aromatic heterocycles. The Kier molecular flexibility index (Phi) is 5.86. The van der Waals surface area contributed by atoms with Crippen molar-refractivity contribution >= 4 is 22.9 Å². The Morgan fingerprint density at radius 1 is 1.12 bits per heavy atom. The summed E-state index contributed by atoms with van der Waals surface area (Å²) in [6, 6.07) is 17.8. The summed E-state index contributed by atoms with van der Waals surface area (Å²) >= 11 is 1.68. The monoisotopic (exact) mass is 364 g/mol. The quantitative estimate of drug-likeness (QED) is 0.654. The molecule has 0 bridgehead atoms. The molecule has 0 aliphatic heterocycles. The van der Waals surface area contributed by atoms with E-state index in [1.807, 2.05) is 63.4 Å². The molecule has 0 saturated heterocycles. The lowest BCUT2D eigenvalue weighted by Gasteiger charge is -2.27. The van der Waals surface area contributed by atoms with Crippen molar-refractivity contribution in [3.05, 3.63) is 87.6 Å². The van der Waals surface area contributed by atoms with Crippen LogP contribution in [0, 0.1) is 13.8 Å². The number of carbonyl (C=O) groups excluding carboxylic acids is 1. The van der Waals surface area contributed by atoms with Gasteiger partial charge in [0.15, 0.2) is 0 Å². The summed E-state index contributed by atoms with van der Waals surface area (Å²) in [6.07, 6.45) is 0. The molecule has 0 fully saturated rings. The van der Waals surface area contributed by atoms with Gasteiger partial charge in [-0.15, -0.1) is 0 Å². The van der Waals surface area contributed by atoms with Crippen LogP contribution in [0.5, 0.6) is 0 Å². The second kappa shape index (κ2) is 8.30. The lowest BCUT2D eigenvalue weighted by Crippen LogP contribution is -2.34. The molecule has 0 unspecified atom stereocenters. The predicted molar refractivity (Wildman–Crippen MR) is 110 cm³/mol. The number of rotatable bonds is 6. The van der Waals surface area contributed by atoms with Crippen molar-refractivity contribution < 1.29 is 4.79 Å². The fraction of sp³-hybridized carbons (Fsp3) is 0.227. The summed E-state index contributed by atoms with van der Waals surface area (Å²) in [6.45, 7) is 4.78. The number of likely N-dealkylation sites (N-methyl/N-ethyl adjacent to an activating group) is 1. The van der Waals surface area contributed by atoms with Gasteiger partial charge in [0.1, 0.15) is 6.04 Å². The second-order valence-corrected chi connectivity index (χ2v) is 7.45. The molecule has 3 nitrogen and oxygen atoms in total. The van der Waals surface area contributed by atoms with E-state index in [-0.39, 0.29) is 11.9 Å². The van der Waals surface area contributed by atoms with Gasteiger partial charge in [0.05, 0.1) is 0 Å². The van der Waals surface area contributed by atoms with Crippen LogP contribution in [-0.4, -0.2) is 17.9 Å². The van der Waals surface area contributed by atoms with Gasteiger partial charge in [0.2, 0.25) is 5.91 Å². The third-order valence-corrected chi connectivity index (χ3v) is 5.20. The lowest BCUT2D eigenvalue weighted by molar-refractivity contribution is -0.121. The summed E-state index contributed by atoms with van der Waals surface area (Å²) in [5, 5.41) is 7.32. The molecule has 1 N–H and O–H groups in total. The van der Waals surface area contributed by atoms with Gasteiger partial charge in [-0.3, -0.25) is 9.69 Å². The number of nitrogens with one attached hydrogen (secondary N) is 1. The van der Waals surface area contributed by atoms with Crippen molar-refractivity contribution in [3.63, 3.8) is 0 Å². The van der Waals surface area contributed by atoms with E-state index < -0.39 is 0 Å². The summed E-state index contributed by atoms with van der Waals surface area (Å²) in [4.78, 5) is 15.3. The fourth-order valence-electron chi connectivity index (χ4n) is 3.07. The largest absolute Gasteiger partial charge is 0.324 e. The molecule has 26 heavy (non-hydrogen) atoms. The molecule has 134 valence electrons. The number of anilines is 1. The molecule has 1 amide bonds. The van der Waals surface area contributed by atoms with E-state index >= 15 is 0 Å². The Morgan fingerprint density at radius 3 is 2.58 bits per heavy atom. The third kappa shape index (κ3) is 4.40. The van der Waals surface area contributed by atoms with Crippen molar-refractivity contribution in [2.45, 2.75) is 26.4 Å². The number of benzene rings is 2. The van der Waals surface area contributed by atoms with Gasteiger partial charge in [-0.1, -0.05) is 42.5 Å². The van der Waals surface area contributed by atoms with Gasteiger partial charge >= 0.3 is 0 Å². The Hall–Kier alpha value is -2.43. The number of aryl methyl sites for hydroxylation is 2. The van der Waals surface area contributed by atoms with Gasteiger partial charge in [-0.2, -0.15) is 11.3 Å². The zero-order chi connectivity index (χ0) is 18.5. The molecule has 3 aromatic rings. The minimum Gasteiger partial charge on any atom is -0.324 e. The Bertz CT molecular complexity index is 859. The molecular formula is C22H24N2OS. The normalized spacial score (nSPS) is 12.2. The maximum Gasteiger partial charge on any atom is 0.246 e. The van der Waals surface area contributed by atoms with Gasteiger partial charge in [0, 0.05) is 12.2 Å². The molecular weight excluding hydrogens is 340 g/mol. The van der Waals surface area contributed by atoms with Crippen molar-refractivity contribution in [1.82, 2.24) is 4.90 Å². The van der Waals surface area contributed by atoms with E-state index in [9.17, 15) is 4.79 Å². The third-order valence-electron chi connectivity index (χ3n) is 4.47. The number of amides is 1. The van der Waals surface area contributed by atoms with Gasteiger partial charge in [-0.05, 0) is 66.0 Å². The van der Waals surface area contributed by atoms with E-state index in [0.29, 0.717) is 0 Å². The van der Waals surface area contributed by atoms with Crippen LogP contribution in [0.3, 0.4) is 0 Å². The number of hydrogen-bond donors (Lipinski definition) is 1. The number of nitrogens with zero attached hydrogens (tertiary/aromatic N) is 1. The molecule has 1 heterocycles. The number of thiophene rings is 1. The van der Waals surface area contributed by atoms with E-state index in [4.69, 9.17) is 0 Å². The van der Waals surface area contributed by atoms with Crippen LogP contribution < -0.4 is 5.32 Å². The number of carbonyl (C=O) groups is 1. The highest BCUT2D eigenvalue weighted by Gasteiger charge is 2.25. The van der Waals surface area contributed by atoms with Crippen LogP contribution in [0.2, 0.25) is 0 Å². The summed E-state index contributed by atoms with van der Waals surface area (Å²) in [7, 11) is 2.00. The van der Waals surface area contributed by atoms with E-state index in [1.165, 1.54) is 5.56 Å². The van der Waals surface area contributed by atoms with Crippen molar-refractivity contribution in [3.8, 4) is 0 Å². The number of hydrogen-bond acceptors (Lipinski definition) is 3. The highest BCUT2D eigenvalue weighted by atomic mass is 32.1. The zero-order valence-corrected chi connectivity index (χ0v) is 16.2. The minimum atomic E-state index is -0.351. The average molecular weight is 365 g/mol. The topological polar surface area (TPSA) is 32.3 Å². The molecule has 3 rings (SSSR count). The first kappa shape index (κ1) is 18.4. The molecule has 0 aliphatic carbocycles. The van der Waals surface area contributed by atoms with E-state index in [2.05, 4.69) is 33.1 Å². The minimum absolute atomic E-state index is 0.0115. The van der Waals surface area contributed by atoms with Crippen molar-refractivity contribution in [2.75, 3.05) is 12.4 Å². The first-order chi connectivity index (χ1) is 12.5. The average Bonchev–Trinajstić information content (AvgIpc) is 3.12. The first-order valence-electron chi connectivity index (χ1n) is 8.69. The predicted octanol–water partition coefficient (Wildman–Crippen LogP) is 5.18. The van der Waals surface area contributed by atoms with Crippen LogP contribution in [0.15, 0.2) is 65.4 Å². The molecule has 0 spiro atoms. The SMILES string of the molecule is Cc1ccc(C)c(NC(=O)[C@H](c2ccccc2)N(C)Cc2ccsc2)c1. The summed E-state index contributed by atoms with van der Waals surface area (Å²) in [5.74, 6) is -0.0115. The zero-order valence-electron chi connectivity index (χ0n) is 15.4.